The van der Waals surface area contributed by atoms with Crippen LogP contribution in [0, 0.1) is 5.92 Å². The SMILES string of the molecule is Cn1ncc2c(NC(C)(C)C)nc(NCC(N)C3CCCCC3)nc21. The van der Waals surface area contributed by atoms with Gasteiger partial charge in [-0.25, -0.2) is 0 Å². The lowest BCUT2D eigenvalue weighted by molar-refractivity contribution is 0.311. The highest BCUT2D eigenvalue weighted by atomic mass is 15.3. The molecule has 4 N–H and O–H groups in total. The summed E-state index contributed by atoms with van der Waals surface area (Å²) < 4.78 is 1.77. The molecule has 0 aromatic carbocycles. The molecule has 7 heteroatoms. The van der Waals surface area contributed by atoms with E-state index in [1.54, 1.807) is 10.9 Å². The molecule has 1 aliphatic rings. The van der Waals surface area contributed by atoms with Gasteiger partial charge in [0.05, 0.1) is 11.6 Å². The van der Waals surface area contributed by atoms with E-state index in [0.717, 1.165) is 16.9 Å². The van der Waals surface area contributed by atoms with Crippen molar-refractivity contribution in [2.45, 2.75) is 64.5 Å². The minimum Gasteiger partial charge on any atom is -0.365 e. The smallest absolute Gasteiger partial charge is 0.226 e. The second kappa shape index (κ2) is 7.15. The van der Waals surface area contributed by atoms with Gasteiger partial charge < -0.3 is 16.4 Å². The van der Waals surface area contributed by atoms with Crippen LogP contribution in [-0.4, -0.2) is 37.9 Å². The maximum atomic E-state index is 6.41. The Hall–Kier alpha value is -1.89. The minimum absolute atomic E-state index is 0.0904. The van der Waals surface area contributed by atoms with Crippen LogP contribution in [0.1, 0.15) is 52.9 Å². The predicted octanol–water partition coefficient (Wildman–Crippen LogP) is 2.89. The third kappa shape index (κ3) is 4.39. The van der Waals surface area contributed by atoms with Gasteiger partial charge >= 0.3 is 0 Å². The van der Waals surface area contributed by atoms with E-state index in [2.05, 4.69) is 46.5 Å². The Bertz CT molecular complexity index is 710. The summed E-state index contributed by atoms with van der Waals surface area (Å²) >= 11 is 0. The normalized spacial score (nSPS) is 17.6. The first kappa shape index (κ1) is 17.9. The van der Waals surface area contributed by atoms with Crippen molar-refractivity contribution < 1.29 is 0 Å². The number of nitrogens with two attached hydrogens (primary N) is 1. The molecule has 0 spiro atoms. The topological polar surface area (TPSA) is 93.7 Å². The monoisotopic (exact) mass is 345 g/mol. The molecule has 7 nitrogen and oxygen atoms in total. The zero-order chi connectivity index (χ0) is 18.0. The number of aryl methyl sites for hydroxylation is 1. The molecule has 138 valence electrons. The number of nitrogens with zero attached hydrogens (tertiary/aromatic N) is 4. The van der Waals surface area contributed by atoms with E-state index in [-0.39, 0.29) is 11.6 Å². The van der Waals surface area contributed by atoms with Crippen molar-refractivity contribution in [1.82, 2.24) is 19.7 Å². The zero-order valence-corrected chi connectivity index (χ0v) is 15.8. The maximum absolute atomic E-state index is 6.41. The molecule has 0 aliphatic heterocycles. The van der Waals surface area contributed by atoms with Gasteiger partial charge in [0, 0.05) is 25.2 Å². The van der Waals surface area contributed by atoms with Crippen LogP contribution < -0.4 is 16.4 Å². The Morgan fingerprint density at radius 1 is 1.24 bits per heavy atom. The lowest BCUT2D eigenvalue weighted by atomic mass is 9.84. The van der Waals surface area contributed by atoms with E-state index in [0.29, 0.717) is 18.4 Å². The molecule has 0 amide bonds. The van der Waals surface area contributed by atoms with E-state index in [1.807, 2.05) is 7.05 Å². The molecule has 0 saturated heterocycles. The molecular formula is C18H31N7. The minimum atomic E-state index is -0.0904. The van der Waals surface area contributed by atoms with Crippen molar-refractivity contribution in [3.05, 3.63) is 6.20 Å². The quantitative estimate of drug-likeness (QED) is 0.771. The van der Waals surface area contributed by atoms with Gasteiger partial charge in [0.25, 0.3) is 0 Å². The van der Waals surface area contributed by atoms with Gasteiger partial charge in [0.1, 0.15) is 5.82 Å². The maximum Gasteiger partial charge on any atom is 0.226 e. The lowest BCUT2D eigenvalue weighted by Crippen LogP contribution is -2.38. The lowest BCUT2D eigenvalue weighted by Gasteiger charge is -2.27. The van der Waals surface area contributed by atoms with Crippen molar-refractivity contribution >= 4 is 22.8 Å². The van der Waals surface area contributed by atoms with Crippen molar-refractivity contribution in [3.8, 4) is 0 Å². The third-order valence-electron chi connectivity index (χ3n) is 4.84. The highest BCUT2D eigenvalue weighted by Gasteiger charge is 2.21. The fraction of sp³-hybridized carbons (Fsp3) is 0.722. The van der Waals surface area contributed by atoms with Crippen LogP contribution in [0.3, 0.4) is 0 Å². The van der Waals surface area contributed by atoms with E-state index >= 15 is 0 Å². The highest BCUT2D eigenvalue weighted by Crippen LogP contribution is 2.27. The summed E-state index contributed by atoms with van der Waals surface area (Å²) in [5.41, 5.74) is 7.13. The zero-order valence-electron chi connectivity index (χ0n) is 15.8. The standard InChI is InChI=1S/C18H31N7/c1-18(2,3)24-15-13-10-21-25(4)16(13)23-17(22-15)20-11-14(19)12-8-6-5-7-9-12/h10,12,14H,5-9,11,19H2,1-4H3,(H2,20,22,23,24). The molecular weight excluding hydrogens is 314 g/mol. The number of aromatic nitrogens is 4. The molecule has 25 heavy (non-hydrogen) atoms. The molecule has 1 unspecified atom stereocenters. The van der Waals surface area contributed by atoms with E-state index < -0.39 is 0 Å². The Morgan fingerprint density at radius 2 is 1.96 bits per heavy atom. The molecule has 2 aromatic rings. The summed E-state index contributed by atoms with van der Waals surface area (Å²) in [6.07, 6.45) is 8.23. The first-order valence-corrected chi connectivity index (χ1v) is 9.31. The molecule has 1 fully saturated rings. The summed E-state index contributed by atoms with van der Waals surface area (Å²) in [6, 6.07) is 0.144. The summed E-state index contributed by atoms with van der Waals surface area (Å²) in [7, 11) is 1.90. The van der Waals surface area contributed by atoms with E-state index in [1.165, 1.54) is 32.1 Å². The first-order valence-electron chi connectivity index (χ1n) is 9.31. The molecule has 2 heterocycles. The van der Waals surface area contributed by atoms with E-state index in [4.69, 9.17) is 5.73 Å². The Morgan fingerprint density at radius 3 is 2.64 bits per heavy atom. The Kier molecular flexibility index (Phi) is 5.13. The molecule has 2 aromatic heterocycles. The van der Waals surface area contributed by atoms with Crippen LogP contribution >= 0.6 is 0 Å². The summed E-state index contributed by atoms with van der Waals surface area (Å²) in [4.78, 5) is 9.30. The second-order valence-corrected chi connectivity index (χ2v) is 8.22. The summed E-state index contributed by atoms with van der Waals surface area (Å²) in [5.74, 6) is 2.02. The van der Waals surface area contributed by atoms with E-state index in [9.17, 15) is 0 Å². The fourth-order valence-electron chi connectivity index (χ4n) is 3.49. The number of fused-ring (bicyclic) bond motifs is 1. The summed E-state index contributed by atoms with van der Waals surface area (Å²) in [5, 5.41) is 12.0. The average Bonchev–Trinajstić information content (AvgIpc) is 2.94. The molecule has 3 rings (SSSR count). The van der Waals surface area contributed by atoms with Crippen LogP contribution in [0.4, 0.5) is 11.8 Å². The van der Waals surface area contributed by atoms with Crippen LogP contribution in [-0.2, 0) is 7.05 Å². The first-order chi connectivity index (χ1) is 11.8. The van der Waals surface area contributed by atoms with Gasteiger partial charge in [-0.2, -0.15) is 15.1 Å². The van der Waals surface area contributed by atoms with Crippen LogP contribution in [0.5, 0.6) is 0 Å². The predicted molar refractivity (Wildman–Crippen MR) is 103 cm³/mol. The van der Waals surface area contributed by atoms with Crippen LogP contribution in [0.15, 0.2) is 6.20 Å². The van der Waals surface area contributed by atoms with Crippen molar-refractivity contribution in [1.29, 1.82) is 0 Å². The Balaban J connectivity index is 1.77. The van der Waals surface area contributed by atoms with Gasteiger partial charge in [-0.3, -0.25) is 4.68 Å². The fourth-order valence-corrected chi connectivity index (χ4v) is 3.49. The van der Waals surface area contributed by atoms with Gasteiger partial charge in [0.15, 0.2) is 5.65 Å². The molecule has 1 aliphatic carbocycles. The number of rotatable bonds is 5. The number of hydrogen-bond acceptors (Lipinski definition) is 6. The molecule has 0 bridgehead atoms. The van der Waals surface area contributed by atoms with Crippen molar-refractivity contribution in [2.75, 3.05) is 17.2 Å². The highest BCUT2D eigenvalue weighted by molar-refractivity contribution is 5.87. The molecule has 1 saturated carbocycles. The van der Waals surface area contributed by atoms with Crippen molar-refractivity contribution in [3.63, 3.8) is 0 Å². The molecule has 1 atom stereocenters. The van der Waals surface area contributed by atoms with Gasteiger partial charge in [0.2, 0.25) is 5.95 Å². The van der Waals surface area contributed by atoms with Crippen LogP contribution in [0.2, 0.25) is 0 Å². The number of hydrogen-bond donors (Lipinski definition) is 3. The average molecular weight is 345 g/mol. The van der Waals surface area contributed by atoms with Gasteiger partial charge in [-0.05, 0) is 39.5 Å². The van der Waals surface area contributed by atoms with Crippen molar-refractivity contribution in [2.24, 2.45) is 18.7 Å². The van der Waals surface area contributed by atoms with Gasteiger partial charge in [-0.1, -0.05) is 19.3 Å². The van der Waals surface area contributed by atoms with Gasteiger partial charge in [-0.15, -0.1) is 0 Å². The summed E-state index contributed by atoms with van der Waals surface area (Å²) in [6.45, 7) is 7.04. The third-order valence-corrected chi connectivity index (χ3v) is 4.84. The largest absolute Gasteiger partial charge is 0.365 e. The number of anilines is 2. The molecule has 0 radical (unpaired) electrons. The van der Waals surface area contributed by atoms with Crippen LogP contribution in [0.25, 0.3) is 11.0 Å². The second-order valence-electron chi connectivity index (χ2n) is 8.22. The number of nitrogens with one attached hydrogen (secondary N) is 2. The Labute approximate surface area is 149 Å².